The second-order valence-electron chi connectivity index (χ2n) is 7.62. The van der Waals surface area contributed by atoms with Crippen LogP contribution in [-0.2, 0) is 11.8 Å². The van der Waals surface area contributed by atoms with Crippen LogP contribution in [0.2, 0.25) is 0 Å². The third-order valence-corrected chi connectivity index (χ3v) is 5.63. The fraction of sp³-hybridized carbons (Fsp3) is 0.684. The standard InChI is InChI=1S/C19H29NO/c1-13(2)20-18-15-7-5-4-6-10-19(18,3)17-12-16(21)9-8-14(17)11-15/h8-9,12-13,15,18,20-21H,4-7,10-11H2,1-3H3/t15-,18-,19+/m0/s1. The lowest BCUT2D eigenvalue weighted by Crippen LogP contribution is -2.57. The number of phenolic OH excluding ortho intramolecular Hbond substituents is 1. The van der Waals surface area contributed by atoms with Crippen LogP contribution >= 0.6 is 0 Å². The first-order valence-electron chi connectivity index (χ1n) is 8.59. The van der Waals surface area contributed by atoms with Crippen molar-refractivity contribution in [2.45, 2.75) is 76.8 Å². The van der Waals surface area contributed by atoms with Gasteiger partial charge in [-0.15, -0.1) is 0 Å². The first-order valence-corrected chi connectivity index (χ1v) is 8.59. The van der Waals surface area contributed by atoms with E-state index in [1.165, 1.54) is 43.2 Å². The monoisotopic (exact) mass is 287 g/mol. The summed E-state index contributed by atoms with van der Waals surface area (Å²) in [5.74, 6) is 1.15. The Morgan fingerprint density at radius 1 is 1.24 bits per heavy atom. The second kappa shape index (κ2) is 5.64. The highest BCUT2D eigenvalue weighted by molar-refractivity contribution is 5.44. The molecule has 0 spiro atoms. The zero-order valence-electron chi connectivity index (χ0n) is 13.7. The molecule has 0 unspecified atom stereocenters. The van der Waals surface area contributed by atoms with E-state index >= 15 is 0 Å². The minimum atomic E-state index is 0.154. The molecule has 2 N–H and O–H groups in total. The van der Waals surface area contributed by atoms with Crippen LogP contribution in [0.1, 0.15) is 64.0 Å². The van der Waals surface area contributed by atoms with Crippen LogP contribution in [0.25, 0.3) is 0 Å². The van der Waals surface area contributed by atoms with Crippen LogP contribution in [0.3, 0.4) is 0 Å². The maximum atomic E-state index is 9.97. The van der Waals surface area contributed by atoms with Crippen molar-refractivity contribution >= 4 is 0 Å². The predicted octanol–water partition coefficient (Wildman–Crippen LogP) is 4.15. The lowest BCUT2D eigenvalue weighted by atomic mass is 9.59. The zero-order chi connectivity index (χ0) is 15.0. The largest absolute Gasteiger partial charge is 0.508 e. The van der Waals surface area contributed by atoms with Gasteiger partial charge in [0, 0.05) is 17.5 Å². The normalized spacial score (nSPS) is 32.4. The molecule has 3 atom stereocenters. The second-order valence-corrected chi connectivity index (χ2v) is 7.62. The van der Waals surface area contributed by atoms with Crippen LogP contribution in [0.15, 0.2) is 18.2 Å². The van der Waals surface area contributed by atoms with Crippen molar-refractivity contribution in [3.8, 4) is 5.75 Å². The van der Waals surface area contributed by atoms with Crippen molar-refractivity contribution < 1.29 is 5.11 Å². The van der Waals surface area contributed by atoms with Crippen molar-refractivity contribution in [1.82, 2.24) is 5.32 Å². The summed E-state index contributed by atoms with van der Waals surface area (Å²) in [7, 11) is 0. The lowest BCUT2D eigenvalue weighted by molar-refractivity contribution is 0.158. The van der Waals surface area contributed by atoms with Crippen molar-refractivity contribution in [2.75, 3.05) is 0 Å². The molecule has 1 aromatic rings. The van der Waals surface area contributed by atoms with Gasteiger partial charge in [-0.05, 0) is 48.4 Å². The lowest BCUT2D eigenvalue weighted by Gasteiger charge is -2.50. The van der Waals surface area contributed by atoms with Crippen molar-refractivity contribution in [3.05, 3.63) is 29.3 Å². The number of nitrogens with one attached hydrogen (secondary N) is 1. The molecule has 1 saturated carbocycles. The van der Waals surface area contributed by atoms with Gasteiger partial charge in [-0.1, -0.05) is 46.1 Å². The molecule has 2 heteroatoms. The maximum absolute atomic E-state index is 9.97. The van der Waals surface area contributed by atoms with Gasteiger partial charge in [-0.25, -0.2) is 0 Å². The fourth-order valence-electron chi connectivity index (χ4n) is 4.68. The van der Waals surface area contributed by atoms with Gasteiger partial charge in [0.05, 0.1) is 0 Å². The number of rotatable bonds is 2. The minimum Gasteiger partial charge on any atom is -0.508 e. The minimum absolute atomic E-state index is 0.154. The first kappa shape index (κ1) is 14.9. The van der Waals surface area contributed by atoms with Gasteiger partial charge in [0.2, 0.25) is 0 Å². The van der Waals surface area contributed by atoms with Gasteiger partial charge in [0.1, 0.15) is 5.75 Å². The quantitative estimate of drug-likeness (QED) is 0.856. The molecular weight excluding hydrogens is 258 g/mol. The molecule has 0 amide bonds. The first-order chi connectivity index (χ1) is 10.0. The van der Waals surface area contributed by atoms with Crippen molar-refractivity contribution in [1.29, 1.82) is 0 Å². The van der Waals surface area contributed by atoms with Crippen LogP contribution in [0, 0.1) is 5.92 Å². The summed E-state index contributed by atoms with van der Waals surface area (Å²) in [6, 6.07) is 7.09. The number of aromatic hydroxyl groups is 1. The molecule has 0 aromatic heterocycles. The number of phenols is 1. The molecule has 116 valence electrons. The van der Waals surface area contributed by atoms with Gasteiger partial charge >= 0.3 is 0 Å². The smallest absolute Gasteiger partial charge is 0.115 e. The van der Waals surface area contributed by atoms with E-state index in [-0.39, 0.29) is 5.41 Å². The summed E-state index contributed by atoms with van der Waals surface area (Å²) in [5, 5.41) is 13.8. The van der Waals surface area contributed by atoms with Crippen molar-refractivity contribution in [3.63, 3.8) is 0 Å². The molecule has 0 heterocycles. The molecule has 2 aliphatic carbocycles. The number of hydrogen-bond acceptors (Lipinski definition) is 2. The van der Waals surface area contributed by atoms with E-state index in [1.54, 1.807) is 0 Å². The highest BCUT2D eigenvalue weighted by Gasteiger charge is 2.45. The summed E-state index contributed by atoms with van der Waals surface area (Å²) in [5.41, 5.74) is 3.00. The Balaban J connectivity index is 2.08. The van der Waals surface area contributed by atoms with Crippen LogP contribution < -0.4 is 5.32 Å². The third kappa shape index (κ3) is 2.70. The highest BCUT2D eigenvalue weighted by atomic mass is 16.3. The maximum Gasteiger partial charge on any atom is 0.115 e. The Hall–Kier alpha value is -1.02. The Morgan fingerprint density at radius 2 is 2.05 bits per heavy atom. The van der Waals surface area contributed by atoms with Crippen LogP contribution in [-0.4, -0.2) is 17.2 Å². The molecule has 2 nitrogen and oxygen atoms in total. The summed E-state index contributed by atoms with van der Waals surface area (Å²) < 4.78 is 0. The van der Waals surface area contributed by atoms with Gasteiger partial charge in [-0.3, -0.25) is 0 Å². The Kier molecular flexibility index (Phi) is 4.00. The summed E-state index contributed by atoms with van der Waals surface area (Å²) in [6.07, 6.45) is 7.74. The molecule has 1 fully saturated rings. The van der Waals surface area contributed by atoms with E-state index < -0.39 is 0 Å². The molecule has 2 aliphatic rings. The van der Waals surface area contributed by atoms with E-state index in [0.717, 1.165) is 12.3 Å². The fourth-order valence-corrected chi connectivity index (χ4v) is 4.68. The Bertz CT molecular complexity index is 510. The zero-order valence-corrected chi connectivity index (χ0v) is 13.7. The molecule has 0 aliphatic heterocycles. The van der Waals surface area contributed by atoms with Gasteiger partial charge in [-0.2, -0.15) is 0 Å². The average Bonchev–Trinajstić information content (AvgIpc) is 2.42. The van der Waals surface area contributed by atoms with E-state index in [0.29, 0.717) is 17.8 Å². The van der Waals surface area contributed by atoms with Gasteiger partial charge in [0.15, 0.2) is 0 Å². The molecule has 1 aromatic carbocycles. The third-order valence-electron chi connectivity index (χ3n) is 5.63. The number of fused-ring (bicyclic) bond motifs is 4. The SMILES string of the molecule is CC(C)N[C@H]1[C@H]2CCCCC[C@]1(C)c1cc(O)ccc1C2. The van der Waals surface area contributed by atoms with E-state index in [2.05, 4.69) is 32.2 Å². The van der Waals surface area contributed by atoms with E-state index in [4.69, 9.17) is 0 Å². The Morgan fingerprint density at radius 3 is 2.81 bits per heavy atom. The average molecular weight is 287 g/mol. The number of hydrogen-bond donors (Lipinski definition) is 2. The Labute approximate surface area is 129 Å². The van der Waals surface area contributed by atoms with Crippen LogP contribution in [0.5, 0.6) is 5.75 Å². The van der Waals surface area contributed by atoms with Gasteiger partial charge < -0.3 is 10.4 Å². The van der Waals surface area contributed by atoms with E-state index in [1.807, 2.05) is 12.1 Å². The predicted molar refractivity (Wildman–Crippen MR) is 87.8 cm³/mol. The molecule has 0 radical (unpaired) electrons. The molecule has 21 heavy (non-hydrogen) atoms. The summed E-state index contributed by atoms with van der Waals surface area (Å²) in [6.45, 7) is 6.92. The summed E-state index contributed by atoms with van der Waals surface area (Å²) >= 11 is 0. The van der Waals surface area contributed by atoms with E-state index in [9.17, 15) is 5.11 Å². The topological polar surface area (TPSA) is 32.3 Å². The van der Waals surface area contributed by atoms with Crippen molar-refractivity contribution in [2.24, 2.45) is 5.92 Å². The number of benzene rings is 1. The molecule has 0 saturated heterocycles. The molecular formula is C19H29NO. The summed E-state index contributed by atoms with van der Waals surface area (Å²) in [4.78, 5) is 0. The molecule has 2 bridgehead atoms. The molecule has 3 rings (SSSR count). The highest BCUT2D eigenvalue weighted by Crippen LogP contribution is 2.47. The van der Waals surface area contributed by atoms with Gasteiger partial charge in [0.25, 0.3) is 0 Å². The van der Waals surface area contributed by atoms with Crippen LogP contribution in [0.4, 0.5) is 0 Å².